The second-order valence-corrected chi connectivity index (χ2v) is 6.80. The lowest BCUT2D eigenvalue weighted by Crippen LogP contribution is -2.42. The summed E-state index contributed by atoms with van der Waals surface area (Å²) in [5.41, 5.74) is 0.902. The fourth-order valence-electron chi connectivity index (χ4n) is 2.21. The fraction of sp³-hybridized carbons (Fsp3) is 0.444. The van der Waals surface area contributed by atoms with E-state index in [0.29, 0.717) is 19.7 Å². The van der Waals surface area contributed by atoms with Crippen molar-refractivity contribution in [3.63, 3.8) is 0 Å². The number of thiazole rings is 1. The van der Waals surface area contributed by atoms with Crippen LogP contribution in [0.4, 0.5) is 4.79 Å². The van der Waals surface area contributed by atoms with Gasteiger partial charge in [0, 0.05) is 18.0 Å². The van der Waals surface area contributed by atoms with Crippen LogP contribution >= 0.6 is 11.3 Å². The number of carbonyl (C=O) groups excluding carboxylic acids is 1. The Morgan fingerprint density at radius 3 is 2.75 bits per heavy atom. The van der Waals surface area contributed by atoms with E-state index in [9.17, 15) is 4.79 Å². The van der Waals surface area contributed by atoms with Crippen LogP contribution in [0.15, 0.2) is 35.7 Å². The van der Waals surface area contributed by atoms with E-state index in [1.54, 1.807) is 16.2 Å². The third-order valence-corrected chi connectivity index (χ3v) is 4.12. The van der Waals surface area contributed by atoms with Gasteiger partial charge in [0.25, 0.3) is 0 Å². The molecule has 24 heavy (non-hydrogen) atoms. The van der Waals surface area contributed by atoms with Gasteiger partial charge < -0.3 is 15.0 Å². The number of benzene rings is 1. The molecule has 1 heterocycles. The number of amides is 2. The summed E-state index contributed by atoms with van der Waals surface area (Å²) in [6, 6.07) is 9.78. The minimum Gasteiger partial charge on any atom is -0.486 e. The molecule has 1 aromatic heterocycles. The van der Waals surface area contributed by atoms with E-state index in [4.69, 9.17) is 4.74 Å². The highest BCUT2D eigenvalue weighted by Crippen LogP contribution is 2.16. The maximum Gasteiger partial charge on any atom is 0.317 e. The molecular weight excluding hydrogens is 322 g/mol. The number of ether oxygens (including phenoxy) is 1. The first-order valence-electron chi connectivity index (χ1n) is 8.25. The molecule has 0 saturated heterocycles. The lowest BCUT2D eigenvalue weighted by Gasteiger charge is -2.23. The van der Waals surface area contributed by atoms with Crippen LogP contribution in [0.1, 0.15) is 37.9 Å². The lowest BCUT2D eigenvalue weighted by molar-refractivity contribution is 0.192. The third kappa shape index (κ3) is 5.85. The number of rotatable bonds is 8. The predicted octanol–water partition coefficient (Wildman–Crippen LogP) is 4.05. The predicted molar refractivity (Wildman–Crippen MR) is 97.3 cm³/mol. The molecule has 0 bridgehead atoms. The van der Waals surface area contributed by atoms with Gasteiger partial charge in [-0.3, -0.25) is 0 Å². The highest BCUT2D eigenvalue weighted by molar-refractivity contribution is 7.09. The summed E-state index contributed by atoms with van der Waals surface area (Å²) in [5.74, 6) is 0.832. The van der Waals surface area contributed by atoms with Crippen molar-refractivity contribution in [3.8, 4) is 5.75 Å². The summed E-state index contributed by atoms with van der Waals surface area (Å²) in [5, 5.41) is 5.85. The maximum atomic E-state index is 12.2. The van der Waals surface area contributed by atoms with Crippen LogP contribution in [0.3, 0.4) is 0 Å². The van der Waals surface area contributed by atoms with E-state index in [-0.39, 0.29) is 12.1 Å². The molecule has 6 heteroatoms. The van der Waals surface area contributed by atoms with Gasteiger partial charge in [0.15, 0.2) is 0 Å². The first kappa shape index (κ1) is 18.3. The van der Waals surface area contributed by atoms with E-state index >= 15 is 0 Å². The standard InChI is InChI=1S/C18H25N3O2S/c1-4-10-21(18(22)19-14(2)3)11-15-13-24-17(20-15)12-23-16-8-6-5-7-9-16/h5-9,13-14H,4,10-12H2,1-3H3,(H,19,22). The van der Waals surface area contributed by atoms with Crippen molar-refractivity contribution in [3.05, 3.63) is 46.4 Å². The van der Waals surface area contributed by atoms with Gasteiger partial charge in [0.1, 0.15) is 17.4 Å². The first-order chi connectivity index (χ1) is 11.6. The second kappa shape index (κ2) is 9.27. The number of carbonyl (C=O) groups is 1. The average Bonchev–Trinajstić information content (AvgIpc) is 3.00. The summed E-state index contributed by atoms with van der Waals surface area (Å²) in [7, 11) is 0. The molecule has 0 aliphatic carbocycles. The highest BCUT2D eigenvalue weighted by Gasteiger charge is 2.15. The monoisotopic (exact) mass is 347 g/mol. The zero-order valence-corrected chi connectivity index (χ0v) is 15.3. The molecule has 0 aliphatic heterocycles. The van der Waals surface area contributed by atoms with Crippen LogP contribution in [0, 0.1) is 0 Å². The van der Waals surface area contributed by atoms with Crippen LogP contribution in [0.2, 0.25) is 0 Å². The number of hydrogen-bond acceptors (Lipinski definition) is 4. The molecule has 2 amide bonds. The normalized spacial score (nSPS) is 10.7. The van der Waals surface area contributed by atoms with Gasteiger partial charge in [-0.1, -0.05) is 25.1 Å². The summed E-state index contributed by atoms with van der Waals surface area (Å²) >= 11 is 1.56. The molecule has 0 unspecified atom stereocenters. The van der Waals surface area contributed by atoms with Crippen LogP contribution in [0.25, 0.3) is 0 Å². The van der Waals surface area contributed by atoms with Gasteiger partial charge in [-0.2, -0.15) is 0 Å². The van der Waals surface area contributed by atoms with E-state index in [1.165, 1.54) is 0 Å². The Balaban J connectivity index is 1.91. The molecular formula is C18H25N3O2S. The smallest absolute Gasteiger partial charge is 0.317 e. The second-order valence-electron chi connectivity index (χ2n) is 5.86. The summed E-state index contributed by atoms with van der Waals surface area (Å²) in [6.45, 7) is 7.67. The van der Waals surface area contributed by atoms with E-state index in [1.807, 2.05) is 49.6 Å². The summed E-state index contributed by atoms with van der Waals surface area (Å²) in [4.78, 5) is 18.6. The SMILES string of the molecule is CCCN(Cc1csc(COc2ccccc2)n1)C(=O)NC(C)C. The van der Waals surface area contributed by atoms with Crippen molar-refractivity contribution >= 4 is 17.4 Å². The van der Waals surface area contributed by atoms with Crippen molar-refractivity contribution in [2.24, 2.45) is 0 Å². The van der Waals surface area contributed by atoms with Crippen molar-refractivity contribution in [1.82, 2.24) is 15.2 Å². The molecule has 0 aliphatic rings. The average molecular weight is 347 g/mol. The molecule has 2 aromatic rings. The quantitative estimate of drug-likeness (QED) is 0.784. The van der Waals surface area contributed by atoms with Crippen molar-refractivity contribution in [2.75, 3.05) is 6.54 Å². The van der Waals surface area contributed by atoms with E-state index in [0.717, 1.165) is 22.9 Å². The number of para-hydroxylation sites is 1. The molecule has 0 spiro atoms. The minimum atomic E-state index is -0.0399. The van der Waals surface area contributed by atoms with Gasteiger partial charge in [-0.05, 0) is 32.4 Å². The summed E-state index contributed by atoms with van der Waals surface area (Å²) in [6.07, 6.45) is 0.916. The van der Waals surface area contributed by atoms with Crippen LogP contribution in [-0.2, 0) is 13.2 Å². The zero-order chi connectivity index (χ0) is 17.4. The van der Waals surface area contributed by atoms with Gasteiger partial charge in [0.05, 0.1) is 12.2 Å². The number of nitrogens with zero attached hydrogens (tertiary/aromatic N) is 2. The van der Waals surface area contributed by atoms with Gasteiger partial charge in [-0.15, -0.1) is 11.3 Å². The van der Waals surface area contributed by atoms with Crippen molar-refractivity contribution < 1.29 is 9.53 Å². The Labute approximate surface area is 147 Å². The Bertz CT molecular complexity index is 628. The molecule has 0 saturated carbocycles. The molecule has 0 radical (unpaired) electrons. The molecule has 0 fully saturated rings. The first-order valence-corrected chi connectivity index (χ1v) is 9.13. The van der Waals surface area contributed by atoms with Gasteiger partial charge >= 0.3 is 6.03 Å². The number of aromatic nitrogens is 1. The molecule has 1 aromatic carbocycles. The van der Waals surface area contributed by atoms with E-state index in [2.05, 4.69) is 17.2 Å². The van der Waals surface area contributed by atoms with E-state index < -0.39 is 0 Å². The van der Waals surface area contributed by atoms with Gasteiger partial charge in [-0.25, -0.2) is 9.78 Å². The highest BCUT2D eigenvalue weighted by atomic mass is 32.1. The molecule has 5 nitrogen and oxygen atoms in total. The van der Waals surface area contributed by atoms with Crippen LogP contribution in [0.5, 0.6) is 5.75 Å². The molecule has 0 atom stereocenters. The zero-order valence-electron chi connectivity index (χ0n) is 14.5. The van der Waals surface area contributed by atoms with Gasteiger partial charge in [0.2, 0.25) is 0 Å². The Hall–Kier alpha value is -2.08. The topological polar surface area (TPSA) is 54.5 Å². The molecule has 130 valence electrons. The Kier molecular flexibility index (Phi) is 7.06. The Morgan fingerprint density at radius 1 is 1.33 bits per heavy atom. The minimum absolute atomic E-state index is 0.0399. The number of nitrogens with one attached hydrogen (secondary N) is 1. The van der Waals surface area contributed by atoms with Crippen LogP contribution in [-0.4, -0.2) is 28.5 Å². The molecule has 2 rings (SSSR count). The lowest BCUT2D eigenvalue weighted by atomic mass is 10.3. The third-order valence-electron chi connectivity index (χ3n) is 3.25. The number of hydrogen-bond donors (Lipinski definition) is 1. The van der Waals surface area contributed by atoms with Crippen molar-refractivity contribution in [2.45, 2.75) is 46.4 Å². The number of urea groups is 1. The maximum absolute atomic E-state index is 12.2. The largest absolute Gasteiger partial charge is 0.486 e. The van der Waals surface area contributed by atoms with Crippen molar-refractivity contribution in [1.29, 1.82) is 0 Å². The Morgan fingerprint density at radius 2 is 2.08 bits per heavy atom. The van der Waals surface area contributed by atoms with Crippen LogP contribution < -0.4 is 10.1 Å². The molecule has 1 N–H and O–H groups in total. The fourth-order valence-corrected chi connectivity index (χ4v) is 2.90. The summed E-state index contributed by atoms with van der Waals surface area (Å²) < 4.78 is 5.71.